The number of halogens is 3. The molecule has 6 rings (SSSR count). The molecule has 9 heteroatoms. The Kier molecular flexibility index (Phi) is 6.86. The topological polar surface area (TPSA) is 77.2 Å². The third-order valence-corrected chi connectivity index (χ3v) is 7.22. The van der Waals surface area contributed by atoms with Gasteiger partial charge in [-0.3, -0.25) is 0 Å². The van der Waals surface area contributed by atoms with Crippen molar-refractivity contribution in [3.63, 3.8) is 0 Å². The van der Waals surface area contributed by atoms with Gasteiger partial charge < -0.3 is 14.4 Å². The lowest BCUT2D eigenvalue weighted by Gasteiger charge is -2.16. The fourth-order valence-electron chi connectivity index (χ4n) is 5.37. The lowest BCUT2D eigenvalue weighted by Crippen LogP contribution is -2.09. The summed E-state index contributed by atoms with van der Waals surface area (Å²) in [5.41, 5.74) is 3.37. The molecule has 2 aromatic heterocycles. The van der Waals surface area contributed by atoms with Gasteiger partial charge in [0.15, 0.2) is 0 Å². The summed E-state index contributed by atoms with van der Waals surface area (Å²) in [6.45, 7) is 0.155. The molecule has 4 aromatic carbocycles. The second-order valence-corrected chi connectivity index (χ2v) is 9.97. The number of nitrogens with zero attached hydrogens (tertiary/aromatic N) is 3. The predicted molar refractivity (Wildman–Crippen MR) is 153 cm³/mol. The van der Waals surface area contributed by atoms with E-state index < -0.39 is 17.7 Å². The van der Waals surface area contributed by atoms with E-state index in [1.165, 1.54) is 6.07 Å². The maximum atomic E-state index is 13.9. The SMILES string of the molecule is Cn1cc(C(=O)O)c2cccc(COc3cccc(-c4c(Cc5ccccc5)nnc5c(C(F)(F)F)cccc45)c3)c21. The molecule has 6 nitrogen and oxygen atoms in total. The lowest BCUT2D eigenvalue weighted by atomic mass is 9.94. The van der Waals surface area contributed by atoms with Crippen LogP contribution in [0.1, 0.15) is 32.7 Å². The smallest absolute Gasteiger partial charge is 0.418 e. The zero-order valence-corrected chi connectivity index (χ0v) is 22.4. The normalized spacial score (nSPS) is 11.7. The van der Waals surface area contributed by atoms with E-state index in [1.807, 2.05) is 42.5 Å². The van der Waals surface area contributed by atoms with E-state index in [2.05, 4.69) is 10.2 Å². The highest BCUT2D eigenvalue weighted by atomic mass is 19.4. The van der Waals surface area contributed by atoms with Gasteiger partial charge in [0.05, 0.1) is 22.3 Å². The van der Waals surface area contributed by atoms with E-state index >= 15 is 0 Å². The molecule has 0 atom stereocenters. The zero-order valence-electron chi connectivity index (χ0n) is 22.4. The van der Waals surface area contributed by atoms with E-state index in [9.17, 15) is 23.1 Å². The molecule has 42 heavy (non-hydrogen) atoms. The molecule has 0 bridgehead atoms. The van der Waals surface area contributed by atoms with Crippen molar-refractivity contribution in [3.05, 3.63) is 125 Å². The van der Waals surface area contributed by atoms with E-state index in [0.29, 0.717) is 39.8 Å². The molecule has 0 aliphatic heterocycles. The largest absolute Gasteiger partial charge is 0.489 e. The van der Waals surface area contributed by atoms with Crippen LogP contribution in [0.3, 0.4) is 0 Å². The second kappa shape index (κ2) is 10.7. The monoisotopic (exact) mass is 567 g/mol. The van der Waals surface area contributed by atoms with E-state index in [1.54, 1.807) is 54.2 Å². The van der Waals surface area contributed by atoms with Crippen molar-refractivity contribution in [1.82, 2.24) is 14.8 Å². The van der Waals surface area contributed by atoms with E-state index in [4.69, 9.17) is 4.74 Å². The van der Waals surface area contributed by atoms with Crippen LogP contribution in [0, 0.1) is 0 Å². The van der Waals surface area contributed by atoms with Crippen molar-refractivity contribution >= 4 is 27.8 Å². The van der Waals surface area contributed by atoms with Crippen molar-refractivity contribution in [2.24, 2.45) is 7.05 Å². The highest BCUT2D eigenvalue weighted by Crippen LogP contribution is 2.39. The number of aromatic nitrogens is 3. The number of ether oxygens (including phenoxy) is 1. The number of carboxylic acids is 1. The predicted octanol–water partition coefficient (Wildman–Crippen LogP) is 7.68. The number of benzene rings is 4. The summed E-state index contributed by atoms with van der Waals surface area (Å²) in [7, 11) is 1.78. The molecule has 0 amide bonds. The number of rotatable bonds is 7. The average Bonchev–Trinajstić information content (AvgIpc) is 3.33. The molecular weight excluding hydrogens is 543 g/mol. The fraction of sp³-hybridized carbons (Fsp3) is 0.121. The Balaban J connectivity index is 1.42. The van der Waals surface area contributed by atoms with Gasteiger partial charge in [-0.2, -0.15) is 18.3 Å². The molecule has 2 heterocycles. The summed E-state index contributed by atoms with van der Waals surface area (Å²) in [5, 5.41) is 18.9. The molecule has 0 aliphatic carbocycles. The molecule has 0 spiro atoms. The van der Waals surface area contributed by atoms with Gasteiger partial charge in [-0.1, -0.05) is 72.8 Å². The summed E-state index contributed by atoms with van der Waals surface area (Å²) in [4.78, 5) is 11.7. The molecule has 0 saturated heterocycles. The molecular formula is C33H24F3N3O3. The number of carboxylic acid groups (broad SMARTS) is 1. The molecule has 0 aliphatic rings. The molecule has 0 saturated carbocycles. The third-order valence-electron chi connectivity index (χ3n) is 7.22. The van der Waals surface area contributed by atoms with Gasteiger partial charge >= 0.3 is 12.1 Å². The number of alkyl halides is 3. The average molecular weight is 568 g/mol. The number of fused-ring (bicyclic) bond motifs is 2. The Labute approximate surface area is 238 Å². The van der Waals surface area contributed by atoms with Crippen LogP contribution < -0.4 is 4.74 Å². The lowest BCUT2D eigenvalue weighted by molar-refractivity contribution is -0.136. The summed E-state index contributed by atoms with van der Waals surface area (Å²) in [6.07, 6.45) is -2.64. The van der Waals surface area contributed by atoms with Crippen LogP contribution in [0.5, 0.6) is 5.75 Å². The van der Waals surface area contributed by atoms with Gasteiger partial charge in [-0.05, 0) is 29.3 Å². The summed E-state index contributed by atoms with van der Waals surface area (Å²) < 4.78 is 49.6. The molecule has 6 aromatic rings. The van der Waals surface area contributed by atoms with Crippen LogP contribution in [0.25, 0.3) is 32.9 Å². The molecule has 210 valence electrons. The maximum absolute atomic E-state index is 13.9. The van der Waals surface area contributed by atoms with Crippen LogP contribution in [0.4, 0.5) is 13.2 Å². The first-order valence-corrected chi connectivity index (χ1v) is 13.1. The first-order valence-electron chi connectivity index (χ1n) is 13.1. The zero-order chi connectivity index (χ0) is 29.4. The standard InChI is InChI=1S/C33H24F3N3O3/c1-39-18-26(32(40)41)24-13-6-11-22(31(24)39)19-42-23-12-5-10-21(17-23)29-25-14-7-15-27(33(34,35)36)30(25)38-37-28(29)16-20-8-3-2-4-9-20/h2-15,17-18H,16,19H2,1H3,(H,40,41). The quantitative estimate of drug-likeness (QED) is 0.214. The minimum Gasteiger partial charge on any atom is -0.489 e. The minimum absolute atomic E-state index is 0.155. The van der Waals surface area contributed by atoms with Crippen LogP contribution in [-0.2, 0) is 26.3 Å². The number of hydrogen-bond acceptors (Lipinski definition) is 4. The number of para-hydroxylation sites is 1. The van der Waals surface area contributed by atoms with Gasteiger partial charge in [-0.25, -0.2) is 4.79 Å². The number of hydrogen-bond donors (Lipinski definition) is 1. The van der Waals surface area contributed by atoms with E-state index in [-0.39, 0.29) is 17.7 Å². The van der Waals surface area contributed by atoms with Crippen molar-refractivity contribution < 1.29 is 27.8 Å². The van der Waals surface area contributed by atoms with Crippen molar-refractivity contribution in [1.29, 1.82) is 0 Å². The Morgan fingerprint density at radius 2 is 1.64 bits per heavy atom. The maximum Gasteiger partial charge on any atom is 0.418 e. The number of aryl methyl sites for hydroxylation is 1. The first-order chi connectivity index (χ1) is 20.2. The van der Waals surface area contributed by atoms with Gasteiger partial charge in [0.1, 0.15) is 17.9 Å². The van der Waals surface area contributed by atoms with Crippen LogP contribution in [0.15, 0.2) is 97.2 Å². The minimum atomic E-state index is -4.59. The van der Waals surface area contributed by atoms with Crippen LogP contribution >= 0.6 is 0 Å². The highest BCUT2D eigenvalue weighted by molar-refractivity contribution is 6.04. The number of aromatic carboxylic acids is 1. The van der Waals surface area contributed by atoms with Crippen LogP contribution in [-0.4, -0.2) is 25.8 Å². The fourth-order valence-corrected chi connectivity index (χ4v) is 5.37. The van der Waals surface area contributed by atoms with Crippen LogP contribution in [0.2, 0.25) is 0 Å². The highest BCUT2D eigenvalue weighted by Gasteiger charge is 2.34. The molecule has 0 radical (unpaired) electrons. The summed E-state index contributed by atoms with van der Waals surface area (Å²) in [6, 6.07) is 26.1. The van der Waals surface area contributed by atoms with E-state index in [0.717, 1.165) is 22.7 Å². The van der Waals surface area contributed by atoms with Gasteiger partial charge in [0.25, 0.3) is 0 Å². The third kappa shape index (κ3) is 5.05. The first kappa shape index (κ1) is 27.0. The van der Waals surface area contributed by atoms with Crippen molar-refractivity contribution in [2.45, 2.75) is 19.2 Å². The Morgan fingerprint density at radius 1 is 0.905 bits per heavy atom. The number of carbonyl (C=O) groups is 1. The molecule has 0 unspecified atom stereocenters. The Bertz CT molecular complexity index is 1950. The second-order valence-electron chi connectivity index (χ2n) is 9.97. The van der Waals surface area contributed by atoms with Gasteiger partial charge in [0, 0.05) is 41.6 Å². The molecule has 1 N–H and O–H groups in total. The summed E-state index contributed by atoms with van der Waals surface area (Å²) >= 11 is 0. The van der Waals surface area contributed by atoms with Crippen molar-refractivity contribution in [2.75, 3.05) is 0 Å². The van der Waals surface area contributed by atoms with Gasteiger partial charge in [0.2, 0.25) is 0 Å². The van der Waals surface area contributed by atoms with Gasteiger partial charge in [-0.15, -0.1) is 5.10 Å². The molecule has 0 fully saturated rings. The summed E-state index contributed by atoms with van der Waals surface area (Å²) in [5.74, 6) is -0.510. The Hall–Kier alpha value is -5.18. The Morgan fingerprint density at radius 3 is 2.40 bits per heavy atom. The van der Waals surface area contributed by atoms with Crippen molar-refractivity contribution in [3.8, 4) is 16.9 Å².